The van der Waals surface area contributed by atoms with E-state index in [1.54, 1.807) is 0 Å². The topological polar surface area (TPSA) is 16.1 Å². The second kappa shape index (κ2) is 3.76. The number of fused-ring (bicyclic) bond motifs is 1. The zero-order valence-electron chi connectivity index (χ0n) is 8.75. The third-order valence-electron chi connectivity index (χ3n) is 3.63. The first-order chi connectivity index (χ1) is 7.33. The minimum absolute atomic E-state index is 0.630. The molecule has 1 aliphatic carbocycles. The van der Waals surface area contributed by atoms with Crippen LogP contribution in [0.5, 0.6) is 0 Å². The molecule has 0 radical (unpaired) electrons. The summed E-state index contributed by atoms with van der Waals surface area (Å²) >= 11 is 5.89. The van der Waals surface area contributed by atoms with Gasteiger partial charge in [0.1, 0.15) is 5.15 Å². The Morgan fingerprint density at radius 2 is 2.20 bits per heavy atom. The van der Waals surface area contributed by atoms with Crippen molar-refractivity contribution in [1.29, 1.82) is 0 Å². The highest BCUT2D eigenvalue weighted by Crippen LogP contribution is 2.29. The molecule has 2 aliphatic rings. The lowest BCUT2D eigenvalue weighted by atomic mass is 9.89. The minimum atomic E-state index is 0.630. The molecule has 2 heterocycles. The van der Waals surface area contributed by atoms with Crippen LogP contribution in [0.15, 0.2) is 12.1 Å². The second-order valence-corrected chi connectivity index (χ2v) is 4.93. The zero-order chi connectivity index (χ0) is 10.3. The maximum absolute atomic E-state index is 5.89. The molecule has 1 fully saturated rings. The van der Waals surface area contributed by atoms with E-state index in [4.69, 9.17) is 11.6 Å². The fourth-order valence-corrected chi connectivity index (χ4v) is 2.64. The average molecular weight is 223 g/mol. The van der Waals surface area contributed by atoms with E-state index in [9.17, 15) is 0 Å². The van der Waals surface area contributed by atoms with E-state index in [2.05, 4.69) is 16.0 Å². The molecule has 0 N–H and O–H groups in total. The number of halogens is 1. The molecule has 0 unspecified atom stereocenters. The van der Waals surface area contributed by atoms with Gasteiger partial charge in [0, 0.05) is 31.2 Å². The van der Waals surface area contributed by atoms with Crippen LogP contribution in [0, 0.1) is 0 Å². The van der Waals surface area contributed by atoms with Gasteiger partial charge in [-0.15, -0.1) is 0 Å². The van der Waals surface area contributed by atoms with E-state index in [1.807, 2.05) is 6.07 Å². The van der Waals surface area contributed by atoms with Crippen molar-refractivity contribution in [2.45, 2.75) is 38.3 Å². The summed E-state index contributed by atoms with van der Waals surface area (Å²) < 4.78 is 0. The van der Waals surface area contributed by atoms with Crippen molar-refractivity contribution >= 4 is 11.6 Å². The van der Waals surface area contributed by atoms with Gasteiger partial charge in [-0.2, -0.15) is 0 Å². The van der Waals surface area contributed by atoms with Crippen molar-refractivity contribution in [3.05, 3.63) is 28.5 Å². The molecule has 1 aromatic rings. The first kappa shape index (κ1) is 9.61. The van der Waals surface area contributed by atoms with Crippen molar-refractivity contribution in [2.24, 2.45) is 0 Å². The smallest absolute Gasteiger partial charge is 0.129 e. The maximum Gasteiger partial charge on any atom is 0.129 e. The molecular formula is C12H15ClN2. The van der Waals surface area contributed by atoms with Crippen LogP contribution in [0.2, 0.25) is 5.15 Å². The molecule has 0 aromatic carbocycles. The number of nitrogens with zero attached hydrogens (tertiary/aromatic N) is 2. The van der Waals surface area contributed by atoms with E-state index in [1.165, 1.54) is 30.5 Å². The minimum Gasteiger partial charge on any atom is -0.296 e. The monoisotopic (exact) mass is 222 g/mol. The number of pyridine rings is 1. The summed E-state index contributed by atoms with van der Waals surface area (Å²) in [5, 5.41) is 0.630. The Kier molecular flexibility index (Phi) is 2.41. The van der Waals surface area contributed by atoms with Gasteiger partial charge in [0.2, 0.25) is 0 Å². The van der Waals surface area contributed by atoms with Crippen molar-refractivity contribution in [3.8, 4) is 0 Å². The molecule has 0 spiro atoms. The summed E-state index contributed by atoms with van der Waals surface area (Å²) in [4.78, 5) is 6.99. The Labute approximate surface area is 95.3 Å². The molecule has 0 atom stereocenters. The Morgan fingerprint density at radius 1 is 1.33 bits per heavy atom. The first-order valence-corrected chi connectivity index (χ1v) is 6.09. The van der Waals surface area contributed by atoms with Crippen LogP contribution in [0.4, 0.5) is 0 Å². The van der Waals surface area contributed by atoms with Gasteiger partial charge in [0.05, 0.1) is 0 Å². The van der Waals surface area contributed by atoms with Gasteiger partial charge >= 0.3 is 0 Å². The lowest BCUT2D eigenvalue weighted by Gasteiger charge is -2.40. The van der Waals surface area contributed by atoms with E-state index >= 15 is 0 Å². The molecular weight excluding hydrogens is 208 g/mol. The maximum atomic E-state index is 5.89. The van der Waals surface area contributed by atoms with Gasteiger partial charge in [0.15, 0.2) is 0 Å². The highest BCUT2D eigenvalue weighted by Gasteiger charge is 2.28. The predicted octanol–water partition coefficient (Wildman–Crippen LogP) is 2.65. The highest BCUT2D eigenvalue weighted by atomic mass is 35.5. The molecule has 0 saturated heterocycles. The summed E-state index contributed by atoms with van der Waals surface area (Å²) in [5.41, 5.74) is 2.58. The van der Waals surface area contributed by atoms with Gasteiger partial charge in [-0.1, -0.05) is 24.1 Å². The van der Waals surface area contributed by atoms with Crippen molar-refractivity contribution < 1.29 is 0 Å². The van der Waals surface area contributed by atoms with Crippen molar-refractivity contribution in [3.63, 3.8) is 0 Å². The number of hydrogen-bond acceptors (Lipinski definition) is 2. The molecule has 1 aromatic heterocycles. The van der Waals surface area contributed by atoms with E-state index in [-0.39, 0.29) is 0 Å². The first-order valence-electron chi connectivity index (χ1n) is 5.71. The fourth-order valence-electron chi connectivity index (χ4n) is 2.47. The van der Waals surface area contributed by atoms with Crippen LogP contribution in [0.3, 0.4) is 0 Å². The van der Waals surface area contributed by atoms with Gasteiger partial charge in [-0.25, -0.2) is 4.98 Å². The largest absolute Gasteiger partial charge is 0.296 e. The van der Waals surface area contributed by atoms with Gasteiger partial charge in [0.25, 0.3) is 0 Å². The van der Waals surface area contributed by atoms with Gasteiger partial charge in [-0.05, 0) is 24.5 Å². The van der Waals surface area contributed by atoms with E-state index in [0.717, 1.165) is 25.6 Å². The molecule has 80 valence electrons. The third kappa shape index (κ3) is 1.77. The van der Waals surface area contributed by atoms with Gasteiger partial charge < -0.3 is 0 Å². The lowest BCUT2D eigenvalue weighted by Crippen LogP contribution is -2.43. The van der Waals surface area contributed by atoms with Crippen LogP contribution in [0.1, 0.15) is 30.5 Å². The van der Waals surface area contributed by atoms with Crippen LogP contribution in [-0.4, -0.2) is 22.5 Å². The Morgan fingerprint density at radius 3 is 2.93 bits per heavy atom. The number of aromatic nitrogens is 1. The van der Waals surface area contributed by atoms with Gasteiger partial charge in [-0.3, -0.25) is 4.90 Å². The summed E-state index contributed by atoms with van der Waals surface area (Å²) in [7, 11) is 0. The van der Waals surface area contributed by atoms with Crippen molar-refractivity contribution in [2.75, 3.05) is 6.54 Å². The molecule has 1 saturated carbocycles. The second-order valence-electron chi connectivity index (χ2n) is 4.54. The van der Waals surface area contributed by atoms with Crippen molar-refractivity contribution in [1.82, 2.24) is 9.88 Å². The molecule has 15 heavy (non-hydrogen) atoms. The molecule has 1 aliphatic heterocycles. The Hall–Kier alpha value is -0.600. The Bertz CT molecular complexity index is 374. The molecule has 2 nitrogen and oxygen atoms in total. The van der Waals surface area contributed by atoms with E-state index in [0.29, 0.717) is 5.15 Å². The molecule has 0 amide bonds. The molecule has 3 heteroatoms. The van der Waals surface area contributed by atoms with Crippen LogP contribution in [0.25, 0.3) is 0 Å². The lowest BCUT2D eigenvalue weighted by molar-refractivity contribution is 0.112. The van der Waals surface area contributed by atoms with E-state index < -0.39 is 0 Å². The quantitative estimate of drug-likeness (QED) is 0.680. The molecule has 0 bridgehead atoms. The third-order valence-corrected chi connectivity index (χ3v) is 3.85. The highest BCUT2D eigenvalue weighted by molar-refractivity contribution is 6.29. The Balaban J connectivity index is 1.80. The summed E-state index contributed by atoms with van der Waals surface area (Å²) in [6, 6.07) is 4.88. The molecule has 3 rings (SSSR count). The average Bonchev–Trinajstić information content (AvgIpc) is 2.15. The zero-order valence-corrected chi connectivity index (χ0v) is 9.50. The van der Waals surface area contributed by atoms with Crippen LogP contribution in [-0.2, 0) is 13.0 Å². The van der Waals surface area contributed by atoms with Crippen LogP contribution >= 0.6 is 11.6 Å². The summed E-state index contributed by atoms with van der Waals surface area (Å²) in [5.74, 6) is 0. The SMILES string of the molecule is Clc1ccc2c(n1)CCN(C1CCC1)C2. The standard InChI is InChI=1S/C12H15ClN2/c13-12-5-4-9-8-15(10-2-1-3-10)7-6-11(9)14-12/h4-5,10H,1-3,6-8H2. The number of rotatable bonds is 1. The fraction of sp³-hybridized carbons (Fsp3) is 0.583. The summed E-state index contributed by atoms with van der Waals surface area (Å²) in [6.07, 6.45) is 5.24. The predicted molar refractivity (Wildman–Crippen MR) is 61.0 cm³/mol. The summed E-state index contributed by atoms with van der Waals surface area (Å²) in [6.45, 7) is 2.23. The normalized spacial score (nSPS) is 22.2. The van der Waals surface area contributed by atoms with Crippen LogP contribution < -0.4 is 0 Å². The number of hydrogen-bond donors (Lipinski definition) is 0.